The molecule has 2 aliphatic rings. The van der Waals surface area contributed by atoms with Gasteiger partial charge in [0, 0.05) is 5.54 Å². The lowest BCUT2D eigenvalue weighted by molar-refractivity contribution is 0.0883. The third-order valence-electron chi connectivity index (χ3n) is 4.38. The van der Waals surface area contributed by atoms with Crippen LogP contribution in [0.2, 0.25) is 0 Å². The molecule has 1 amide bonds. The van der Waals surface area contributed by atoms with Crippen LogP contribution in [0.5, 0.6) is 5.75 Å². The molecule has 2 aliphatic carbocycles. The van der Waals surface area contributed by atoms with Gasteiger partial charge in [0.25, 0.3) is 5.91 Å². The molecule has 1 aromatic rings. The third-order valence-corrected chi connectivity index (χ3v) is 5.27. The van der Waals surface area contributed by atoms with E-state index in [-0.39, 0.29) is 11.4 Å². The van der Waals surface area contributed by atoms with Crippen molar-refractivity contribution >= 4 is 17.2 Å². The van der Waals surface area contributed by atoms with Crippen LogP contribution < -0.4 is 10.1 Å². The molecule has 0 unspecified atom stereocenters. The Morgan fingerprint density at radius 3 is 2.85 bits per heavy atom. The molecule has 3 nitrogen and oxygen atoms in total. The average molecular weight is 293 g/mol. The number of rotatable bonds is 5. The highest BCUT2D eigenvalue weighted by Gasteiger charge is 2.30. The van der Waals surface area contributed by atoms with Crippen molar-refractivity contribution in [2.75, 3.05) is 6.61 Å². The van der Waals surface area contributed by atoms with Crippen LogP contribution in [0.4, 0.5) is 0 Å². The molecule has 0 aromatic carbocycles. The molecule has 1 N–H and O–H groups in total. The van der Waals surface area contributed by atoms with Crippen molar-refractivity contribution in [1.82, 2.24) is 5.32 Å². The van der Waals surface area contributed by atoms with Gasteiger partial charge in [-0.25, -0.2) is 0 Å². The number of nitrogens with one attached hydrogen (secondary N) is 1. The highest BCUT2D eigenvalue weighted by molar-refractivity contribution is 7.12. The van der Waals surface area contributed by atoms with Crippen molar-refractivity contribution in [3.63, 3.8) is 0 Å². The third kappa shape index (κ3) is 3.35. The quantitative estimate of drug-likeness (QED) is 0.891. The molecule has 20 heavy (non-hydrogen) atoms. The minimum atomic E-state index is -0.0346. The summed E-state index contributed by atoms with van der Waals surface area (Å²) < 4.78 is 5.79. The Hall–Kier alpha value is -1.03. The number of thiophene rings is 1. The molecule has 0 aliphatic heterocycles. The number of carbonyl (C=O) groups is 1. The number of ether oxygens (including phenoxy) is 1. The maximum Gasteiger partial charge on any atom is 0.265 e. The predicted octanol–water partition coefficient (Wildman–Crippen LogP) is 3.99. The lowest BCUT2D eigenvalue weighted by Crippen LogP contribution is -2.47. The smallest absolute Gasteiger partial charge is 0.265 e. The van der Waals surface area contributed by atoms with Gasteiger partial charge >= 0.3 is 0 Å². The Kier molecular flexibility index (Phi) is 4.01. The summed E-state index contributed by atoms with van der Waals surface area (Å²) >= 11 is 1.48. The van der Waals surface area contributed by atoms with E-state index in [1.54, 1.807) is 0 Å². The molecule has 0 bridgehead atoms. The first-order valence-electron chi connectivity index (χ1n) is 7.69. The number of hydrogen-bond acceptors (Lipinski definition) is 3. The van der Waals surface area contributed by atoms with Gasteiger partial charge in [0.2, 0.25) is 0 Å². The largest absolute Gasteiger partial charge is 0.492 e. The van der Waals surface area contributed by atoms with Crippen LogP contribution in [0.3, 0.4) is 0 Å². The summed E-state index contributed by atoms with van der Waals surface area (Å²) in [6, 6.07) is 1.92. The van der Waals surface area contributed by atoms with Gasteiger partial charge in [-0.3, -0.25) is 4.79 Å². The summed E-state index contributed by atoms with van der Waals surface area (Å²) in [5, 5.41) is 5.18. The Balaban J connectivity index is 1.62. The second kappa shape index (κ2) is 5.76. The monoisotopic (exact) mass is 293 g/mol. The molecular formula is C16H23NO2S. The van der Waals surface area contributed by atoms with Crippen molar-refractivity contribution < 1.29 is 9.53 Å². The number of carbonyl (C=O) groups excluding carboxylic acids is 1. The predicted molar refractivity (Wildman–Crippen MR) is 81.5 cm³/mol. The van der Waals surface area contributed by atoms with Gasteiger partial charge < -0.3 is 10.1 Å². The fourth-order valence-corrected chi connectivity index (χ4v) is 3.59. The van der Waals surface area contributed by atoms with Crippen LogP contribution >= 0.6 is 11.3 Å². The van der Waals surface area contributed by atoms with Gasteiger partial charge in [-0.2, -0.15) is 0 Å². The highest BCUT2D eigenvalue weighted by atomic mass is 32.1. The first-order chi connectivity index (χ1) is 9.66. The van der Waals surface area contributed by atoms with Gasteiger partial charge in [0.05, 0.1) is 6.61 Å². The first kappa shape index (κ1) is 13.9. The SMILES string of the molecule is CC1(NC(=O)c2sccc2OCC2CC2)CCCCC1. The minimum absolute atomic E-state index is 0.0346. The fourth-order valence-electron chi connectivity index (χ4n) is 2.86. The van der Waals surface area contributed by atoms with Gasteiger partial charge in [-0.05, 0) is 50.0 Å². The normalized spacial score (nSPS) is 21.4. The average Bonchev–Trinajstić information content (AvgIpc) is 3.13. The fraction of sp³-hybridized carbons (Fsp3) is 0.688. The van der Waals surface area contributed by atoms with E-state index in [2.05, 4.69) is 12.2 Å². The van der Waals surface area contributed by atoms with Crippen molar-refractivity contribution in [1.29, 1.82) is 0 Å². The Labute approximate surface area is 124 Å². The maximum absolute atomic E-state index is 12.5. The van der Waals surface area contributed by atoms with Gasteiger partial charge in [0.15, 0.2) is 0 Å². The van der Waals surface area contributed by atoms with Crippen molar-refractivity contribution in [2.24, 2.45) is 5.92 Å². The molecule has 0 spiro atoms. The molecular weight excluding hydrogens is 270 g/mol. The van der Waals surface area contributed by atoms with Gasteiger partial charge in [0.1, 0.15) is 10.6 Å². The molecule has 2 saturated carbocycles. The summed E-state index contributed by atoms with van der Waals surface area (Å²) in [5.41, 5.74) is -0.0346. The van der Waals surface area contributed by atoms with E-state index < -0.39 is 0 Å². The summed E-state index contributed by atoms with van der Waals surface area (Å²) in [6.45, 7) is 2.93. The van der Waals surface area contributed by atoms with Crippen molar-refractivity contribution in [3.8, 4) is 5.75 Å². The summed E-state index contributed by atoms with van der Waals surface area (Å²) in [5.74, 6) is 1.51. The molecule has 110 valence electrons. The summed E-state index contributed by atoms with van der Waals surface area (Å²) in [6.07, 6.45) is 8.43. The Morgan fingerprint density at radius 1 is 1.40 bits per heavy atom. The standard InChI is InChI=1S/C16H23NO2S/c1-16(8-3-2-4-9-16)17-15(18)14-13(7-10-20-14)19-11-12-5-6-12/h7,10,12H,2-6,8-9,11H2,1H3,(H,17,18). The zero-order valence-electron chi connectivity index (χ0n) is 12.1. The van der Waals surface area contributed by atoms with Crippen LogP contribution in [0.25, 0.3) is 0 Å². The van der Waals surface area contributed by atoms with Crippen LogP contribution in [0, 0.1) is 5.92 Å². The van der Waals surface area contributed by atoms with Crippen LogP contribution in [0.1, 0.15) is 61.5 Å². The second-order valence-corrected chi connectivity index (χ2v) is 7.36. The molecule has 1 aromatic heterocycles. The van der Waals surface area contributed by atoms with Crippen LogP contribution in [0.15, 0.2) is 11.4 Å². The molecule has 0 saturated heterocycles. The van der Waals surface area contributed by atoms with Crippen LogP contribution in [-0.4, -0.2) is 18.1 Å². The van der Waals surface area contributed by atoms with E-state index in [0.29, 0.717) is 5.92 Å². The van der Waals surface area contributed by atoms with E-state index >= 15 is 0 Å². The van der Waals surface area contributed by atoms with Crippen LogP contribution in [-0.2, 0) is 0 Å². The van der Waals surface area contributed by atoms with E-state index in [0.717, 1.165) is 30.1 Å². The zero-order valence-corrected chi connectivity index (χ0v) is 12.9. The van der Waals surface area contributed by atoms with Crippen molar-refractivity contribution in [2.45, 2.75) is 57.4 Å². The topological polar surface area (TPSA) is 38.3 Å². The van der Waals surface area contributed by atoms with E-state index in [9.17, 15) is 4.79 Å². The van der Waals surface area contributed by atoms with E-state index in [1.165, 1.54) is 43.4 Å². The van der Waals surface area contributed by atoms with E-state index in [1.807, 2.05) is 11.4 Å². The molecule has 0 radical (unpaired) electrons. The number of hydrogen-bond donors (Lipinski definition) is 1. The lowest BCUT2D eigenvalue weighted by atomic mass is 9.83. The highest BCUT2D eigenvalue weighted by Crippen LogP contribution is 2.33. The molecule has 4 heteroatoms. The molecule has 2 fully saturated rings. The maximum atomic E-state index is 12.5. The lowest BCUT2D eigenvalue weighted by Gasteiger charge is -2.34. The second-order valence-electron chi connectivity index (χ2n) is 6.44. The molecule has 1 heterocycles. The molecule has 3 rings (SSSR count). The zero-order chi connectivity index (χ0) is 14.0. The molecule has 0 atom stereocenters. The number of amides is 1. The van der Waals surface area contributed by atoms with Crippen molar-refractivity contribution in [3.05, 3.63) is 16.3 Å². The van der Waals surface area contributed by atoms with E-state index in [4.69, 9.17) is 4.74 Å². The Bertz CT molecular complexity index is 473. The first-order valence-corrected chi connectivity index (χ1v) is 8.57. The minimum Gasteiger partial charge on any atom is -0.492 e. The van der Waals surface area contributed by atoms with Gasteiger partial charge in [-0.15, -0.1) is 11.3 Å². The summed E-state index contributed by atoms with van der Waals surface area (Å²) in [7, 11) is 0. The van der Waals surface area contributed by atoms with Gasteiger partial charge in [-0.1, -0.05) is 19.3 Å². The Morgan fingerprint density at radius 2 is 2.15 bits per heavy atom. The summed E-state index contributed by atoms with van der Waals surface area (Å²) in [4.78, 5) is 13.2.